The highest BCUT2D eigenvalue weighted by atomic mass is 16.5. The van der Waals surface area contributed by atoms with Crippen LogP contribution in [0.4, 0.5) is 11.6 Å². The molecule has 41 heavy (non-hydrogen) atoms. The van der Waals surface area contributed by atoms with Crippen molar-refractivity contribution in [1.29, 1.82) is 0 Å². The summed E-state index contributed by atoms with van der Waals surface area (Å²) in [5.41, 5.74) is 3.72. The number of aromatic nitrogens is 4. The van der Waals surface area contributed by atoms with E-state index in [-0.39, 0.29) is 5.91 Å². The summed E-state index contributed by atoms with van der Waals surface area (Å²) in [6, 6.07) is 15.1. The number of nitrogens with one attached hydrogen (secondary N) is 2. The number of H-pyrrole nitrogens is 1. The molecule has 4 aromatic rings. The minimum absolute atomic E-state index is 0.0624. The quantitative estimate of drug-likeness (QED) is 0.309. The number of pyridine rings is 1. The second-order valence-electron chi connectivity index (χ2n) is 8.84. The molecular formula is C31H41N7O3. The van der Waals surface area contributed by atoms with Crippen molar-refractivity contribution in [2.75, 3.05) is 44.7 Å². The number of benzene rings is 1. The van der Waals surface area contributed by atoms with E-state index in [1.165, 1.54) is 12.8 Å². The second kappa shape index (κ2) is 16.7. The van der Waals surface area contributed by atoms with Crippen molar-refractivity contribution in [3.63, 3.8) is 0 Å². The minimum Gasteiger partial charge on any atom is -0.381 e. The van der Waals surface area contributed by atoms with Gasteiger partial charge in [-0.2, -0.15) is 0 Å². The van der Waals surface area contributed by atoms with Gasteiger partial charge in [0.1, 0.15) is 5.69 Å². The van der Waals surface area contributed by atoms with Crippen molar-refractivity contribution in [1.82, 2.24) is 29.7 Å². The number of piperazine rings is 1. The summed E-state index contributed by atoms with van der Waals surface area (Å²) < 4.78 is 4.94. The number of carbonyl (C=O) groups is 2. The normalized spacial score (nSPS) is 14.0. The summed E-state index contributed by atoms with van der Waals surface area (Å²) in [5.74, 6) is 0.403. The molecule has 0 radical (unpaired) electrons. The van der Waals surface area contributed by atoms with E-state index in [0.29, 0.717) is 37.8 Å². The fourth-order valence-corrected chi connectivity index (χ4v) is 4.24. The number of hydrogen-bond acceptors (Lipinski definition) is 7. The number of ether oxygens (including phenoxy) is 1. The first-order valence-corrected chi connectivity index (χ1v) is 14.4. The van der Waals surface area contributed by atoms with Crippen molar-refractivity contribution >= 4 is 34.9 Å². The molecule has 0 bridgehead atoms. The number of aromatic amines is 1. The van der Waals surface area contributed by atoms with Crippen LogP contribution >= 0.6 is 0 Å². The van der Waals surface area contributed by atoms with Crippen LogP contribution in [-0.4, -0.2) is 81.4 Å². The van der Waals surface area contributed by atoms with Crippen molar-refractivity contribution in [3.8, 4) is 11.4 Å². The molecule has 2 aliphatic heterocycles. The Morgan fingerprint density at radius 2 is 1.66 bits per heavy atom. The maximum atomic E-state index is 12.9. The molecule has 2 aliphatic rings. The molecule has 0 spiro atoms. The Morgan fingerprint density at radius 1 is 0.902 bits per heavy atom. The third-order valence-electron chi connectivity index (χ3n) is 6.27. The molecule has 3 aromatic heterocycles. The number of fused-ring (bicyclic) bond motifs is 1. The lowest BCUT2D eigenvalue weighted by molar-refractivity contribution is -0.119. The topological polar surface area (TPSA) is 116 Å². The van der Waals surface area contributed by atoms with Crippen LogP contribution in [0, 0.1) is 0 Å². The molecule has 2 fully saturated rings. The molecule has 10 nitrogen and oxygen atoms in total. The summed E-state index contributed by atoms with van der Waals surface area (Å²) in [4.78, 5) is 43.5. The van der Waals surface area contributed by atoms with E-state index in [0.717, 1.165) is 47.6 Å². The van der Waals surface area contributed by atoms with Gasteiger partial charge >= 0.3 is 0 Å². The number of nitrogens with zero attached hydrogens (tertiary/aromatic N) is 5. The molecule has 0 saturated carbocycles. The van der Waals surface area contributed by atoms with E-state index in [1.54, 1.807) is 22.2 Å². The van der Waals surface area contributed by atoms with Crippen LogP contribution in [0.1, 0.15) is 51.0 Å². The zero-order chi connectivity index (χ0) is 29.5. The molecule has 2 amide bonds. The van der Waals surface area contributed by atoms with Crippen LogP contribution in [0.2, 0.25) is 0 Å². The Bertz CT molecular complexity index is 1340. The maximum absolute atomic E-state index is 12.9. The van der Waals surface area contributed by atoms with Gasteiger partial charge in [-0.3, -0.25) is 14.6 Å². The highest BCUT2D eigenvalue weighted by Crippen LogP contribution is 2.24. The number of hydrogen-bond donors (Lipinski definition) is 2. The third-order valence-corrected chi connectivity index (χ3v) is 6.27. The van der Waals surface area contributed by atoms with Gasteiger partial charge in [0.15, 0.2) is 0 Å². The van der Waals surface area contributed by atoms with Crippen molar-refractivity contribution in [3.05, 3.63) is 66.6 Å². The molecule has 6 rings (SSSR count). The lowest BCUT2D eigenvalue weighted by Crippen LogP contribution is -2.48. The predicted octanol–water partition coefficient (Wildman–Crippen LogP) is 5.53. The number of rotatable bonds is 5. The largest absolute Gasteiger partial charge is 0.381 e. The van der Waals surface area contributed by atoms with E-state index < -0.39 is 0 Å². The van der Waals surface area contributed by atoms with Crippen molar-refractivity contribution in [2.45, 2.75) is 40.5 Å². The molecule has 0 atom stereocenters. The average molecular weight is 560 g/mol. The predicted molar refractivity (Wildman–Crippen MR) is 163 cm³/mol. The van der Waals surface area contributed by atoms with Gasteiger partial charge in [-0.1, -0.05) is 33.8 Å². The standard InChI is InChI=1S/C23H21N7O2.C4H8O.2C2H6/c31-15-29-9-11-30(12-10-29)22(32)21-14-16-13-17(4-5-18(16)27-21)26-23-25-8-6-20(28-23)19-3-1-2-7-24-19;1-2-4-5-3-1;2*1-2/h1-8,13-15,27H,9-12H2,(H,25,26,28);1-4H2;2*1-2H3. The van der Waals surface area contributed by atoms with Crippen molar-refractivity contribution in [2.24, 2.45) is 0 Å². The summed E-state index contributed by atoms with van der Waals surface area (Å²) in [5, 5.41) is 4.13. The average Bonchev–Trinajstić information content (AvgIpc) is 3.77. The Morgan fingerprint density at radius 3 is 2.29 bits per heavy atom. The summed E-state index contributed by atoms with van der Waals surface area (Å²) >= 11 is 0. The Balaban J connectivity index is 0.000000450. The van der Waals surface area contributed by atoms with Crippen LogP contribution in [0.5, 0.6) is 0 Å². The van der Waals surface area contributed by atoms with Gasteiger partial charge < -0.3 is 24.8 Å². The fraction of sp³-hybridized carbons (Fsp3) is 0.387. The van der Waals surface area contributed by atoms with Crippen LogP contribution in [-0.2, 0) is 9.53 Å². The molecular weight excluding hydrogens is 518 g/mol. The van der Waals surface area contributed by atoms with Gasteiger partial charge in [0.25, 0.3) is 5.91 Å². The minimum atomic E-state index is -0.0624. The van der Waals surface area contributed by atoms with Crippen LogP contribution in [0.25, 0.3) is 22.3 Å². The Kier molecular flexibility index (Phi) is 12.7. The van der Waals surface area contributed by atoms with Crippen molar-refractivity contribution < 1.29 is 14.3 Å². The zero-order valence-corrected chi connectivity index (χ0v) is 24.5. The number of anilines is 2. The first-order valence-electron chi connectivity index (χ1n) is 14.4. The Labute approximate surface area is 242 Å². The van der Waals surface area contributed by atoms with Gasteiger partial charge in [0.2, 0.25) is 12.4 Å². The molecule has 1 aromatic carbocycles. The van der Waals surface area contributed by atoms with E-state index in [4.69, 9.17) is 4.74 Å². The van der Waals surface area contributed by atoms with Gasteiger partial charge in [-0.05, 0) is 55.3 Å². The van der Waals surface area contributed by atoms with Gasteiger partial charge in [0.05, 0.1) is 11.4 Å². The second-order valence-corrected chi connectivity index (χ2v) is 8.84. The zero-order valence-electron chi connectivity index (χ0n) is 24.5. The van der Waals surface area contributed by atoms with E-state index >= 15 is 0 Å². The number of carbonyl (C=O) groups excluding carboxylic acids is 2. The molecule has 2 N–H and O–H groups in total. The SMILES string of the molecule is C1CCOC1.CC.CC.O=CN1CCN(C(=O)c2cc3cc(Nc4nccc(-c5ccccn5)n4)ccc3[nH]2)CC1. The summed E-state index contributed by atoms with van der Waals surface area (Å²) in [6.45, 7) is 12.2. The van der Waals surface area contributed by atoms with Crippen LogP contribution in [0.15, 0.2) is 60.9 Å². The first kappa shape index (κ1) is 31.2. The van der Waals surface area contributed by atoms with Gasteiger partial charge in [-0.15, -0.1) is 0 Å². The molecule has 0 unspecified atom stereocenters. The molecule has 2 saturated heterocycles. The molecule has 0 aliphatic carbocycles. The van der Waals surface area contributed by atoms with E-state index in [1.807, 2.05) is 76.2 Å². The van der Waals surface area contributed by atoms with Crippen LogP contribution < -0.4 is 5.32 Å². The summed E-state index contributed by atoms with van der Waals surface area (Å²) in [6.07, 6.45) is 6.80. The van der Waals surface area contributed by atoms with E-state index in [2.05, 4.69) is 25.3 Å². The molecule has 5 heterocycles. The maximum Gasteiger partial charge on any atom is 0.270 e. The molecule has 10 heteroatoms. The highest BCUT2D eigenvalue weighted by molar-refractivity contribution is 5.98. The monoisotopic (exact) mass is 559 g/mol. The Hall–Kier alpha value is -4.31. The third kappa shape index (κ3) is 8.84. The highest BCUT2D eigenvalue weighted by Gasteiger charge is 2.22. The van der Waals surface area contributed by atoms with Gasteiger partial charge in [0, 0.05) is 68.4 Å². The van der Waals surface area contributed by atoms with Gasteiger partial charge in [-0.25, -0.2) is 9.97 Å². The smallest absolute Gasteiger partial charge is 0.270 e. The number of amides is 2. The lowest BCUT2D eigenvalue weighted by Gasteiger charge is -2.32. The summed E-state index contributed by atoms with van der Waals surface area (Å²) in [7, 11) is 0. The first-order chi connectivity index (χ1) is 20.2. The van der Waals surface area contributed by atoms with Crippen LogP contribution in [0.3, 0.4) is 0 Å². The fourth-order valence-electron chi connectivity index (χ4n) is 4.24. The van der Waals surface area contributed by atoms with E-state index in [9.17, 15) is 9.59 Å². The molecule has 218 valence electrons. The lowest BCUT2D eigenvalue weighted by atomic mass is 10.2.